The fourth-order valence-corrected chi connectivity index (χ4v) is 2.89. The van der Waals surface area contributed by atoms with E-state index in [4.69, 9.17) is 4.98 Å². The van der Waals surface area contributed by atoms with Crippen LogP contribution in [0.1, 0.15) is 38.1 Å². The summed E-state index contributed by atoms with van der Waals surface area (Å²) in [4.78, 5) is 14.2. The molecular weight excluding hydrogens is 262 g/mol. The minimum absolute atomic E-state index is 0.622. The molecule has 2 heterocycles. The minimum Gasteiger partial charge on any atom is -0.370 e. The third-order valence-electron chi connectivity index (χ3n) is 4.18. The van der Waals surface area contributed by atoms with Crippen LogP contribution in [0.15, 0.2) is 0 Å². The number of aromatic nitrogens is 2. The molecule has 0 saturated carbocycles. The van der Waals surface area contributed by atoms with Gasteiger partial charge in [-0.1, -0.05) is 6.92 Å². The Hall–Kier alpha value is -1.36. The van der Waals surface area contributed by atoms with Gasteiger partial charge in [-0.05, 0) is 40.8 Å². The second-order valence-corrected chi connectivity index (χ2v) is 6.07. The Morgan fingerprint density at radius 3 is 2.62 bits per heavy atom. The molecule has 0 bridgehead atoms. The molecule has 1 unspecified atom stereocenters. The topological polar surface area (TPSA) is 44.3 Å². The number of nitrogens with zero attached hydrogens (tertiary/aromatic N) is 4. The molecule has 1 aliphatic rings. The van der Waals surface area contributed by atoms with Gasteiger partial charge < -0.3 is 15.1 Å². The van der Waals surface area contributed by atoms with Gasteiger partial charge in [0.25, 0.3) is 0 Å². The van der Waals surface area contributed by atoms with E-state index in [0.29, 0.717) is 6.04 Å². The van der Waals surface area contributed by atoms with Gasteiger partial charge in [-0.3, -0.25) is 0 Å². The van der Waals surface area contributed by atoms with E-state index in [1.165, 1.54) is 12.0 Å². The molecule has 21 heavy (non-hydrogen) atoms. The predicted molar refractivity (Wildman–Crippen MR) is 89.2 cm³/mol. The van der Waals surface area contributed by atoms with Crippen molar-refractivity contribution in [3.63, 3.8) is 0 Å². The van der Waals surface area contributed by atoms with Crippen molar-refractivity contribution in [3.05, 3.63) is 11.4 Å². The molecule has 1 aromatic heterocycles. The van der Waals surface area contributed by atoms with E-state index in [-0.39, 0.29) is 0 Å². The zero-order chi connectivity index (χ0) is 15.4. The van der Waals surface area contributed by atoms with Gasteiger partial charge in [0.05, 0.1) is 0 Å². The second kappa shape index (κ2) is 7.07. The van der Waals surface area contributed by atoms with Crippen LogP contribution >= 0.6 is 0 Å². The van der Waals surface area contributed by atoms with Gasteiger partial charge >= 0.3 is 0 Å². The van der Waals surface area contributed by atoms with E-state index >= 15 is 0 Å². The van der Waals surface area contributed by atoms with Gasteiger partial charge in [0.1, 0.15) is 17.5 Å². The van der Waals surface area contributed by atoms with Crippen LogP contribution in [0.25, 0.3) is 0 Å². The highest BCUT2D eigenvalue weighted by molar-refractivity contribution is 5.59. The van der Waals surface area contributed by atoms with Crippen molar-refractivity contribution in [2.75, 3.05) is 43.9 Å². The van der Waals surface area contributed by atoms with E-state index in [1.54, 1.807) is 0 Å². The van der Waals surface area contributed by atoms with Crippen LogP contribution in [-0.2, 0) is 6.42 Å². The Morgan fingerprint density at radius 1 is 1.29 bits per heavy atom. The first-order valence-corrected chi connectivity index (χ1v) is 8.09. The molecule has 1 saturated heterocycles. The molecule has 1 aromatic rings. The molecule has 5 heteroatoms. The molecule has 5 nitrogen and oxygen atoms in total. The van der Waals surface area contributed by atoms with Crippen molar-refractivity contribution in [3.8, 4) is 0 Å². The van der Waals surface area contributed by atoms with E-state index < -0.39 is 0 Å². The summed E-state index contributed by atoms with van der Waals surface area (Å²) >= 11 is 0. The fourth-order valence-electron chi connectivity index (χ4n) is 2.89. The van der Waals surface area contributed by atoms with Crippen LogP contribution in [0.4, 0.5) is 11.6 Å². The first-order chi connectivity index (χ1) is 10.1. The van der Waals surface area contributed by atoms with Crippen LogP contribution in [-0.4, -0.2) is 54.6 Å². The van der Waals surface area contributed by atoms with Crippen molar-refractivity contribution in [2.24, 2.45) is 0 Å². The number of nitrogens with one attached hydrogen (secondary N) is 1. The molecule has 118 valence electrons. The number of hydrogen-bond acceptors (Lipinski definition) is 5. The molecule has 1 atom stereocenters. The second-order valence-electron chi connectivity index (χ2n) is 6.07. The van der Waals surface area contributed by atoms with Crippen LogP contribution in [0, 0.1) is 6.92 Å². The predicted octanol–water partition coefficient (Wildman–Crippen LogP) is 2.31. The average Bonchev–Trinajstić information content (AvgIpc) is 2.92. The Balaban J connectivity index is 2.29. The van der Waals surface area contributed by atoms with Gasteiger partial charge in [-0.2, -0.15) is 0 Å². The summed E-state index contributed by atoms with van der Waals surface area (Å²) in [5, 5.41) is 3.38. The Kier molecular flexibility index (Phi) is 5.39. The highest BCUT2D eigenvalue weighted by Gasteiger charge is 2.27. The maximum absolute atomic E-state index is 4.84. The Bertz CT molecular complexity index is 472. The maximum Gasteiger partial charge on any atom is 0.137 e. The first-order valence-electron chi connectivity index (χ1n) is 8.09. The van der Waals surface area contributed by atoms with E-state index in [9.17, 15) is 0 Å². The normalized spacial score (nSPS) is 18.6. The lowest BCUT2D eigenvalue weighted by molar-refractivity contribution is 0.315. The van der Waals surface area contributed by atoms with Gasteiger partial charge in [0.2, 0.25) is 0 Å². The number of likely N-dealkylation sites (N-methyl/N-ethyl adjacent to an activating group) is 1. The third-order valence-corrected chi connectivity index (χ3v) is 4.18. The van der Waals surface area contributed by atoms with Gasteiger partial charge in [0.15, 0.2) is 0 Å². The number of rotatable bonds is 6. The molecule has 0 aromatic carbocycles. The lowest BCUT2D eigenvalue weighted by atomic mass is 10.2. The highest BCUT2D eigenvalue weighted by atomic mass is 15.3. The monoisotopic (exact) mass is 291 g/mol. The summed E-state index contributed by atoms with van der Waals surface area (Å²) < 4.78 is 0. The molecule has 2 rings (SSSR count). The van der Waals surface area contributed by atoms with Crippen LogP contribution in [0.3, 0.4) is 0 Å². The molecule has 0 radical (unpaired) electrons. The Morgan fingerprint density at radius 2 is 2.05 bits per heavy atom. The van der Waals surface area contributed by atoms with Crippen molar-refractivity contribution < 1.29 is 0 Å². The van der Waals surface area contributed by atoms with Crippen molar-refractivity contribution in [2.45, 2.75) is 46.1 Å². The molecule has 1 N–H and O–H groups in total. The van der Waals surface area contributed by atoms with Crippen LogP contribution < -0.4 is 10.2 Å². The molecule has 1 fully saturated rings. The van der Waals surface area contributed by atoms with Crippen molar-refractivity contribution in [1.82, 2.24) is 14.9 Å². The third kappa shape index (κ3) is 3.64. The van der Waals surface area contributed by atoms with Gasteiger partial charge in [-0.15, -0.1) is 0 Å². The van der Waals surface area contributed by atoms with Crippen LogP contribution in [0.5, 0.6) is 0 Å². The molecule has 0 amide bonds. The molecular formula is C16H29N5. The highest BCUT2D eigenvalue weighted by Crippen LogP contribution is 2.27. The summed E-state index contributed by atoms with van der Waals surface area (Å²) in [5.41, 5.74) is 1.18. The fraction of sp³-hybridized carbons (Fsp3) is 0.750. The van der Waals surface area contributed by atoms with Crippen molar-refractivity contribution >= 4 is 11.6 Å². The summed E-state index contributed by atoms with van der Waals surface area (Å²) in [6, 6.07) is 0.622. The van der Waals surface area contributed by atoms with Crippen LogP contribution in [0.2, 0.25) is 0 Å². The average molecular weight is 291 g/mol. The van der Waals surface area contributed by atoms with E-state index in [1.807, 2.05) is 0 Å². The zero-order valence-corrected chi connectivity index (χ0v) is 14.1. The summed E-state index contributed by atoms with van der Waals surface area (Å²) in [7, 11) is 4.32. The quantitative estimate of drug-likeness (QED) is 0.871. The minimum atomic E-state index is 0.622. The standard InChI is InChI=1S/C16H29N5/c1-6-8-14-18-15(17-7-2)12(3)16(19-14)21-10-9-13(11-21)20(4)5/h13H,6-11H2,1-5H3,(H,17,18,19). The lowest BCUT2D eigenvalue weighted by Gasteiger charge is -2.23. The van der Waals surface area contributed by atoms with Crippen molar-refractivity contribution in [1.29, 1.82) is 0 Å². The van der Waals surface area contributed by atoms with Gasteiger partial charge in [0, 0.05) is 37.7 Å². The number of anilines is 2. The molecule has 0 spiro atoms. The smallest absolute Gasteiger partial charge is 0.137 e. The molecule has 1 aliphatic heterocycles. The Labute approximate surface area is 128 Å². The van der Waals surface area contributed by atoms with Gasteiger partial charge in [-0.25, -0.2) is 9.97 Å². The summed E-state index contributed by atoms with van der Waals surface area (Å²) in [6.07, 6.45) is 3.22. The summed E-state index contributed by atoms with van der Waals surface area (Å²) in [5.74, 6) is 3.08. The number of aryl methyl sites for hydroxylation is 1. The SMILES string of the molecule is CCCc1nc(NCC)c(C)c(N2CCC(N(C)C)C2)n1. The lowest BCUT2D eigenvalue weighted by Crippen LogP contribution is -2.32. The largest absolute Gasteiger partial charge is 0.370 e. The van der Waals surface area contributed by atoms with E-state index in [2.05, 4.69) is 55.0 Å². The number of hydrogen-bond donors (Lipinski definition) is 1. The maximum atomic E-state index is 4.84. The summed E-state index contributed by atoms with van der Waals surface area (Å²) in [6.45, 7) is 9.45. The van der Waals surface area contributed by atoms with E-state index in [0.717, 1.165) is 49.9 Å². The zero-order valence-electron chi connectivity index (χ0n) is 14.1. The first kappa shape index (κ1) is 16.0. The molecule has 0 aliphatic carbocycles.